The minimum absolute atomic E-state index is 0.175. The number of carbonyl (C=O) groups is 2. The quantitative estimate of drug-likeness (QED) is 0.872. The van der Waals surface area contributed by atoms with Crippen molar-refractivity contribution >= 4 is 38.6 Å². The molecule has 1 atom stereocenters. The first-order chi connectivity index (χ1) is 11.3. The van der Waals surface area contributed by atoms with E-state index in [0.29, 0.717) is 11.3 Å². The third kappa shape index (κ3) is 3.44. The van der Waals surface area contributed by atoms with E-state index in [2.05, 4.69) is 10.0 Å². The Kier molecular flexibility index (Phi) is 4.33. The van der Waals surface area contributed by atoms with Gasteiger partial charge < -0.3 is 0 Å². The van der Waals surface area contributed by atoms with E-state index in [1.807, 2.05) is 6.92 Å². The summed E-state index contributed by atoms with van der Waals surface area (Å²) in [6.45, 7) is 1.88. The summed E-state index contributed by atoms with van der Waals surface area (Å²) >= 11 is 0.906. The number of aryl methyl sites for hydroxylation is 1. The molecule has 2 amide bonds. The summed E-state index contributed by atoms with van der Waals surface area (Å²) in [5.41, 5.74) is 2.00. The second kappa shape index (κ2) is 6.29. The van der Waals surface area contributed by atoms with E-state index in [1.54, 1.807) is 36.4 Å². The molecule has 1 saturated heterocycles. The highest BCUT2D eigenvalue weighted by atomic mass is 32.2. The van der Waals surface area contributed by atoms with Crippen LogP contribution in [0.5, 0.6) is 0 Å². The number of nitrogens with one attached hydrogen (secondary N) is 2. The highest BCUT2D eigenvalue weighted by Crippen LogP contribution is 2.34. The SMILES string of the molecule is Cc1ccc(S(=O)(=O)Nc2ccc(C3SC(=O)NC3=O)cc2)cc1. The lowest BCUT2D eigenvalue weighted by Gasteiger charge is -2.10. The Morgan fingerprint density at radius 1 is 1.00 bits per heavy atom. The van der Waals surface area contributed by atoms with Crippen LogP contribution in [-0.4, -0.2) is 19.6 Å². The summed E-state index contributed by atoms with van der Waals surface area (Å²) in [7, 11) is -3.67. The van der Waals surface area contributed by atoms with Gasteiger partial charge in [0.05, 0.1) is 4.90 Å². The van der Waals surface area contributed by atoms with Crippen LogP contribution >= 0.6 is 11.8 Å². The zero-order valence-electron chi connectivity index (χ0n) is 12.6. The molecule has 24 heavy (non-hydrogen) atoms. The minimum atomic E-state index is -3.67. The van der Waals surface area contributed by atoms with Crippen molar-refractivity contribution in [3.05, 3.63) is 59.7 Å². The van der Waals surface area contributed by atoms with E-state index in [9.17, 15) is 18.0 Å². The van der Waals surface area contributed by atoms with Gasteiger partial charge in [0.15, 0.2) is 0 Å². The number of hydrogen-bond donors (Lipinski definition) is 2. The van der Waals surface area contributed by atoms with Crippen LogP contribution in [0.15, 0.2) is 53.4 Å². The van der Waals surface area contributed by atoms with Crippen molar-refractivity contribution in [1.29, 1.82) is 0 Å². The molecule has 8 heteroatoms. The Morgan fingerprint density at radius 2 is 1.62 bits per heavy atom. The van der Waals surface area contributed by atoms with Crippen LogP contribution in [0, 0.1) is 6.92 Å². The van der Waals surface area contributed by atoms with Gasteiger partial charge in [-0.05, 0) is 48.5 Å². The largest absolute Gasteiger partial charge is 0.286 e. The Balaban J connectivity index is 1.78. The molecule has 0 saturated carbocycles. The van der Waals surface area contributed by atoms with Crippen LogP contribution in [0.1, 0.15) is 16.4 Å². The molecule has 1 aliphatic heterocycles. The maximum atomic E-state index is 12.3. The molecular weight excluding hydrogens is 348 g/mol. The number of imide groups is 1. The van der Waals surface area contributed by atoms with E-state index in [1.165, 1.54) is 12.1 Å². The molecule has 1 fully saturated rings. The second-order valence-electron chi connectivity index (χ2n) is 5.32. The lowest BCUT2D eigenvalue weighted by Crippen LogP contribution is -2.20. The summed E-state index contributed by atoms with van der Waals surface area (Å²) in [6.07, 6.45) is 0. The second-order valence-corrected chi connectivity index (χ2v) is 8.08. The van der Waals surface area contributed by atoms with Gasteiger partial charge in [0.2, 0.25) is 5.91 Å². The van der Waals surface area contributed by atoms with Gasteiger partial charge in [-0.15, -0.1) is 0 Å². The molecule has 124 valence electrons. The number of hydrogen-bond acceptors (Lipinski definition) is 5. The molecule has 1 heterocycles. The van der Waals surface area contributed by atoms with Gasteiger partial charge in [0.25, 0.3) is 15.3 Å². The monoisotopic (exact) mass is 362 g/mol. The lowest BCUT2D eigenvalue weighted by atomic mass is 10.1. The molecule has 6 nitrogen and oxygen atoms in total. The average Bonchev–Trinajstić information content (AvgIpc) is 2.87. The normalized spacial score (nSPS) is 17.6. The molecule has 2 N–H and O–H groups in total. The van der Waals surface area contributed by atoms with E-state index in [0.717, 1.165) is 17.3 Å². The zero-order chi connectivity index (χ0) is 17.3. The Morgan fingerprint density at radius 3 is 2.17 bits per heavy atom. The van der Waals surface area contributed by atoms with Gasteiger partial charge in [-0.1, -0.05) is 29.8 Å². The minimum Gasteiger partial charge on any atom is -0.286 e. The smallest absolute Gasteiger partial charge is 0.286 e. The average molecular weight is 362 g/mol. The predicted octanol–water partition coefficient (Wildman–Crippen LogP) is 2.82. The van der Waals surface area contributed by atoms with Crippen LogP contribution in [0.2, 0.25) is 0 Å². The fourth-order valence-corrected chi connectivity index (χ4v) is 4.12. The summed E-state index contributed by atoms with van der Waals surface area (Å²) < 4.78 is 27.1. The van der Waals surface area contributed by atoms with Gasteiger partial charge in [-0.3, -0.25) is 19.6 Å². The van der Waals surface area contributed by atoms with Crippen molar-refractivity contribution < 1.29 is 18.0 Å². The fraction of sp³-hybridized carbons (Fsp3) is 0.125. The van der Waals surface area contributed by atoms with Gasteiger partial charge in [-0.25, -0.2) is 8.42 Å². The van der Waals surface area contributed by atoms with E-state index >= 15 is 0 Å². The van der Waals surface area contributed by atoms with Gasteiger partial charge in [0, 0.05) is 5.69 Å². The van der Waals surface area contributed by atoms with Gasteiger partial charge >= 0.3 is 0 Å². The molecule has 3 rings (SSSR count). The molecule has 1 aliphatic rings. The summed E-state index contributed by atoms with van der Waals surface area (Å²) in [5, 5.41) is 1.24. The van der Waals surface area contributed by atoms with Crippen LogP contribution in [-0.2, 0) is 14.8 Å². The van der Waals surface area contributed by atoms with Crippen molar-refractivity contribution in [3.8, 4) is 0 Å². The maximum Gasteiger partial charge on any atom is 0.286 e. The van der Waals surface area contributed by atoms with Crippen LogP contribution in [0.4, 0.5) is 10.5 Å². The maximum absolute atomic E-state index is 12.3. The summed E-state index contributed by atoms with van der Waals surface area (Å²) in [6, 6.07) is 12.9. The summed E-state index contributed by atoms with van der Waals surface area (Å²) in [4.78, 5) is 23.0. The number of anilines is 1. The van der Waals surface area contributed by atoms with Crippen molar-refractivity contribution in [3.63, 3.8) is 0 Å². The van der Waals surface area contributed by atoms with Crippen molar-refractivity contribution in [2.45, 2.75) is 17.1 Å². The molecule has 1 unspecified atom stereocenters. The Bertz CT molecular complexity index is 891. The molecule has 0 spiro atoms. The fourth-order valence-electron chi connectivity index (χ4n) is 2.23. The topological polar surface area (TPSA) is 92.3 Å². The summed E-state index contributed by atoms with van der Waals surface area (Å²) in [5.74, 6) is -0.363. The highest BCUT2D eigenvalue weighted by Gasteiger charge is 2.32. The first-order valence-corrected chi connectivity index (χ1v) is 9.42. The number of amides is 2. The lowest BCUT2D eigenvalue weighted by molar-refractivity contribution is -0.119. The standard InChI is InChI=1S/C16H14N2O4S2/c1-10-2-8-13(9-3-10)24(21,22)18-12-6-4-11(5-7-12)14-15(19)17-16(20)23-14/h2-9,14,18H,1H3,(H,17,19,20). The zero-order valence-corrected chi connectivity index (χ0v) is 14.3. The van der Waals surface area contributed by atoms with Crippen LogP contribution < -0.4 is 10.0 Å². The number of sulfonamides is 1. The number of thioether (sulfide) groups is 1. The van der Waals surface area contributed by atoms with Gasteiger partial charge in [-0.2, -0.15) is 0 Å². The first-order valence-electron chi connectivity index (χ1n) is 7.06. The number of rotatable bonds is 4. The first kappa shape index (κ1) is 16.5. The molecular formula is C16H14N2O4S2. The van der Waals surface area contributed by atoms with Crippen LogP contribution in [0.25, 0.3) is 0 Å². The molecule has 0 radical (unpaired) electrons. The third-order valence-electron chi connectivity index (χ3n) is 3.49. The van der Waals surface area contributed by atoms with E-state index in [-0.39, 0.29) is 16.0 Å². The van der Waals surface area contributed by atoms with Crippen molar-refractivity contribution in [2.24, 2.45) is 0 Å². The van der Waals surface area contributed by atoms with Crippen molar-refractivity contribution in [1.82, 2.24) is 5.32 Å². The van der Waals surface area contributed by atoms with Crippen LogP contribution in [0.3, 0.4) is 0 Å². The third-order valence-corrected chi connectivity index (χ3v) is 5.92. The van der Waals surface area contributed by atoms with Gasteiger partial charge in [0.1, 0.15) is 5.25 Å². The molecule has 0 bridgehead atoms. The molecule has 2 aromatic rings. The Hall–Kier alpha value is -2.32. The Labute approximate surface area is 143 Å². The predicted molar refractivity (Wildman–Crippen MR) is 92.3 cm³/mol. The molecule has 0 aliphatic carbocycles. The molecule has 0 aromatic heterocycles. The van der Waals surface area contributed by atoms with E-state index in [4.69, 9.17) is 0 Å². The van der Waals surface area contributed by atoms with Crippen molar-refractivity contribution in [2.75, 3.05) is 4.72 Å². The number of benzene rings is 2. The number of carbonyl (C=O) groups excluding carboxylic acids is 2. The van der Waals surface area contributed by atoms with E-state index < -0.39 is 15.3 Å². The molecule has 2 aromatic carbocycles. The highest BCUT2D eigenvalue weighted by molar-refractivity contribution is 8.15.